The summed E-state index contributed by atoms with van der Waals surface area (Å²) in [4.78, 5) is 11.3. The normalized spacial score (nSPS) is 10.4. The van der Waals surface area contributed by atoms with E-state index in [0.717, 1.165) is 25.9 Å². The predicted molar refractivity (Wildman–Crippen MR) is 73.0 cm³/mol. The smallest absolute Gasteiger partial charge is 0.220 e. The van der Waals surface area contributed by atoms with Crippen LogP contribution in [-0.4, -0.2) is 38.1 Å². The summed E-state index contributed by atoms with van der Waals surface area (Å²) >= 11 is 1.91. The molecule has 0 atom stereocenters. The molecule has 0 aromatic rings. The van der Waals surface area contributed by atoms with E-state index in [9.17, 15) is 4.79 Å². The molecule has 2 N–H and O–H groups in total. The van der Waals surface area contributed by atoms with Crippen LogP contribution < -0.4 is 10.6 Å². The zero-order valence-corrected chi connectivity index (χ0v) is 11.5. The highest BCUT2D eigenvalue weighted by Gasteiger charge is 1.99. The minimum Gasteiger partial charge on any atom is -0.356 e. The molecule has 0 radical (unpaired) electrons. The third-order valence-electron chi connectivity index (χ3n) is 2.43. The van der Waals surface area contributed by atoms with Crippen molar-refractivity contribution < 1.29 is 4.79 Å². The molecule has 1 amide bonds. The van der Waals surface area contributed by atoms with Gasteiger partial charge in [-0.15, -0.1) is 0 Å². The highest BCUT2D eigenvalue weighted by atomic mass is 32.2. The Kier molecular flexibility index (Phi) is 12.7. The van der Waals surface area contributed by atoms with E-state index in [1.54, 1.807) is 0 Å². The monoisotopic (exact) mass is 246 g/mol. The fourth-order valence-electron chi connectivity index (χ4n) is 1.47. The summed E-state index contributed by atoms with van der Waals surface area (Å²) in [5.74, 6) is 1.45. The number of carbonyl (C=O) groups excluding carboxylic acids is 1. The lowest BCUT2D eigenvalue weighted by molar-refractivity contribution is -0.121. The van der Waals surface area contributed by atoms with Crippen LogP contribution in [0.1, 0.15) is 38.5 Å². The average Bonchev–Trinajstić information content (AvgIpc) is 2.28. The summed E-state index contributed by atoms with van der Waals surface area (Å²) in [6.45, 7) is 1.76. The fourth-order valence-corrected chi connectivity index (χ4v) is 1.96. The topological polar surface area (TPSA) is 41.1 Å². The van der Waals surface area contributed by atoms with Crippen molar-refractivity contribution in [1.82, 2.24) is 10.6 Å². The molecule has 0 saturated heterocycles. The fraction of sp³-hybridized carbons (Fsp3) is 0.917. The number of amides is 1. The van der Waals surface area contributed by atoms with Crippen LogP contribution in [0.2, 0.25) is 0 Å². The molecular formula is C12H26N2OS. The molecule has 0 aromatic heterocycles. The van der Waals surface area contributed by atoms with Crippen molar-refractivity contribution in [2.45, 2.75) is 38.5 Å². The van der Waals surface area contributed by atoms with Crippen LogP contribution >= 0.6 is 11.8 Å². The molecule has 0 bridgehead atoms. The number of hydrogen-bond acceptors (Lipinski definition) is 3. The van der Waals surface area contributed by atoms with Crippen molar-refractivity contribution in [2.24, 2.45) is 0 Å². The van der Waals surface area contributed by atoms with Gasteiger partial charge in [0, 0.05) is 13.0 Å². The SMILES string of the molecule is CNCCCC(=O)NCCCCCCSC. The molecule has 16 heavy (non-hydrogen) atoms. The summed E-state index contributed by atoms with van der Waals surface area (Å²) in [5, 5.41) is 6.00. The predicted octanol–water partition coefficient (Wildman–Crippen LogP) is 2.03. The maximum atomic E-state index is 11.3. The van der Waals surface area contributed by atoms with E-state index in [4.69, 9.17) is 0 Å². The van der Waals surface area contributed by atoms with Crippen LogP contribution in [0, 0.1) is 0 Å². The Balaban J connectivity index is 3.09. The number of unbranched alkanes of at least 4 members (excludes halogenated alkanes) is 3. The van der Waals surface area contributed by atoms with Crippen molar-refractivity contribution in [3.8, 4) is 0 Å². The van der Waals surface area contributed by atoms with Crippen molar-refractivity contribution in [1.29, 1.82) is 0 Å². The van der Waals surface area contributed by atoms with Crippen molar-refractivity contribution >= 4 is 17.7 Å². The minimum atomic E-state index is 0.194. The lowest BCUT2D eigenvalue weighted by atomic mass is 10.2. The maximum absolute atomic E-state index is 11.3. The molecule has 0 fully saturated rings. The van der Waals surface area contributed by atoms with Gasteiger partial charge in [0.2, 0.25) is 5.91 Å². The molecule has 0 unspecified atom stereocenters. The van der Waals surface area contributed by atoms with E-state index in [0.29, 0.717) is 6.42 Å². The van der Waals surface area contributed by atoms with Crippen LogP contribution in [0.5, 0.6) is 0 Å². The van der Waals surface area contributed by atoms with Crippen molar-refractivity contribution in [3.05, 3.63) is 0 Å². The Morgan fingerprint density at radius 2 is 1.81 bits per heavy atom. The zero-order valence-electron chi connectivity index (χ0n) is 10.7. The largest absolute Gasteiger partial charge is 0.356 e. The highest BCUT2D eigenvalue weighted by molar-refractivity contribution is 7.98. The molecule has 0 aliphatic carbocycles. The van der Waals surface area contributed by atoms with Crippen molar-refractivity contribution in [2.75, 3.05) is 32.1 Å². The van der Waals surface area contributed by atoms with E-state index in [1.807, 2.05) is 18.8 Å². The Bertz CT molecular complexity index is 165. The summed E-state index contributed by atoms with van der Waals surface area (Å²) in [6.07, 6.45) is 8.66. The van der Waals surface area contributed by atoms with Crippen LogP contribution in [0.25, 0.3) is 0 Å². The Morgan fingerprint density at radius 3 is 2.50 bits per heavy atom. The lowest BCUT2D eigenvalue weighted by Gasteiger charge is -2.05. The quantitative estimate of drug-likeness (QED) is 0.548. The van der Waals surface area contributed by atoms with E-state index >= 15 is 0 Å². The highest BCUT2D eigenvalue weighted by Crippen LogP contribution is 2.03. The number of thioether (sulfide) groups is 1. The van der Waals surface area contributed by atoms with Crippen LogP contribution in [0.3, 0.4) is 0 Å². The Labute approximate surface area is 104 Å². The van der Waals surface area contributed by atoms with E-state index < -0.39 is 0 Å². The molecule has 4 heteroatoms. The number of carbonyl (C=O) groups is 1. The number of rotatable bonds is 11. The molecule has 0 rings (SSSR count). The molecule has 96 valence electrons. The lowest BCUT2D eigenvalue weighted by Crippen LogP contribution is -2.25. The van der Waals surface area contributed by atoms with E-state index in [2.05, 4.69) is 16.9 Å². The second-order valence-corrected chi connectivity index (χ2v) is 4.95. The second-order valence-electron chi connectivity index (χ2n) is 3.96. The van der Waals surface area contributed by atoms with Crippen LogP contribution in [0.15, 0.2) is 0 Å². The number of hydrogen-bond donors (Lipinski definition) is 2. The molecule has 0 aromatic carbocycles. The second kappa shape index (κ2) is 12.8. The molecule has 3 nitrogen and oxygen atoms in total. The molecule has 0 aliphatic rings. The van der Waals surface area contributed by atoms with Gasteiger partial charge in [0.1, 0.15) is 0 Å². The maximum Gasteiger partial charge on any atom is 0.220 e. The first-order valence-electron chi connectivity index (χ1n) is 6.21. The van der Waals surface area contributed by atoms with Crippen LogP contribution in [0.4, 0.5) is 0 Å². The third kappa shape index (κ3) is 11.9. The van der Waals surface area contributed by atoms with Gasteiger partial charge in [-0.1, -0.05) is 12.8 Å². The standard InChI is InChI=1S/C12H26N2OS/c1-13-9-7-8-12(15)14-10-5-3-4-6-11-16-2/h13H,3-11H2,1-2H3,(H,14,15). The Morgan fingerprint density at radius 1 is 1.06 bits per heavy atom. The van der Waals surface area contributed by atoms with Gasteiger partial charge in [0.15, 0.2) is 0 Å². The summed E-state index contributed by atoms with van der Waals surface area (Å²) < 4.78 is 0. The first-order valence-corrected chi connectivity index (χ1v) is 7.61. The van der Waals surface area contributed by atoms with Gasteiger partial charge in [-0.2, -0.15) is 11.8 Å². The molecule has 0 heterocycles. The van der Waals surface area contributed by atoms with E-state index in [1.165, 1.54) is 25.0 Å². The Hall–Kier alpha value is -0.220. The van der Waals surface area contributed by atoms with Gasteiger partial charge in [0.25, 0.3) is 0 Å². The molecule has 0 saturated carbocycles. The van der Waals surface area contributed by atoms with Gasteiger partial charge in [-0.3, -0.25) is 4.79 Å². The summed E-state index contributed by atoms with van der Waals surface area (Å²) in [7, 11) is 1.91. The first kappa shape index (κ1) is 15.8. The number of nitrogens with one attached hydrogen (secondary N) is 2. The summed E-state index contributed by atoms with van der Waals surface area (Å²) in [5.41, 5.74) is 0. The van der Waals surface area contributed by atoms with Gasteiger partial charge in [0.05, 0.1) is 0 Å². The van der Waals surface area contributed by atoms with Crippen LogP contribution in [-0.2, 0) is 4.79 Å². The first-order chi connectivity index (χ1) is 7.81. The minimum absolute atomic E-state index is 0.194. The van der Waals surface area contributed by atoms with E-state index in [-0.39, 0.29) is 5.91 Å². The zero-order chi connectivity index (χ0) is 12.1. The van der Waals surface area contributed by atoms with Crippen molar-refractivity contribution in [3.63, 3.8) is 0 Å². The summed E-state index contributed by atoms with van der Waals surface area (Å²) in [6, 6.07) is 0. The molecular weight excluding hydrogens is 220 g/mol. The van der Waals surface area contributed by atoms with Gasteiger partial charge >= 0.3 is 0 Å². The average molecular weight is 246 g/mol. The van der Waals surface area contributed by atoms with Gasteiger partial charge in [-0.25, -0.2) is 0 Å². The third-order valence-corrected chi connectivity index (χ3v) is 3.12. The molecule has 0 spiro atoms. The van der Waals surface area contributed by atoms with Gasteiger partial charge < -0.3 is 10.6 Å². The van der Waals surface area contributed by atoms with Gasteiger partial charge in [-0.05, 0) is 44.9 Å². The molecule has 0 aliphatic heterocycles.